The monoisotopic (exact) mass is 276 g/mol. The number of methoxy groups -OCH3 is 1. The minimum atomic E-state index is 0.560. The van der Waals surface area contributed by atoms with E-state index < -0.39 is 0 Å². The van der Waals surface area contributed by atoms with E-state index in [0.29, 0.717) is 5.88 Å². The molecule has 0 radical (unpaired) electrons. The lowest BCUT2D eigenvalue weighted by atomic mass is 10.2. The zero-order chi connectivity index (χ0) is 10.8. The van der Waals surface area contributed by atoms with Crippen LogP contribution >= 0.6 is 27.5 Å². The number of alkyl halides is 2. The summed E-state index contributed by atoms with van der Waals surface area (Å²) in [6, 6.07) is 7.70. The van der Waals surface area contributed by atoms with Crippen LogP contribution in [0.3, 0.4) is 0 Å². The lowest BCUT2D eigenvalue weighted by Crippen LogP contribution is -1.82. The third-order valence-corrected chi connectivity index (χ3v) is 2.19. The molecule has 1 nitrogen and oxygen atoms in total. The Kier molecular flexibility index (Phi) is 8.79. The smallest absolute Gasteiger partial charge is 0.118 e. The summed E-state index contributed by atoms with van der Waals surface area (Å²) in [5.74, 6) is 1.43. The number of hydrogen-bond acceptors (Lipinski definition) is 1. The van der Waals surface area contributed by atoms with E-state index in [1.165, 1.54) is 0 Å². The van der Waals surface area contributed by atoms with Gasteiger partial charge < -0.3 is 4.74 Å². The third kappa shape index (κ3) is 6.06. The van der Waals surface area contributed by atoms with Crippen molar-refractivity contribution < 1.29 is 4.74 Å². The minimum absolute atomic E-state index is 0.560. The molecule has 78 valence electrons. The Hall–Kier alpha value is -0.470. The second kappa shape index (κ2) is 9.10. The van der Waals surface area contributed by atoms with E-state index in [1.807, 2.05) is 24.3 Å². The van der Waals surface area contributed by atoms with Crippen molar-refractivity contribution in [1.29, 1.82) is 0 Å². The van der Waals surface area contributed by atoms with Crippen LogP contribution in [0.4, 0.5) is 0 Å². The average Bonchev–Trinajstić information content (AvgIpc) is 2.29. The fourth-order valence-electron chi connectivity index (χ4n) is 0.715. The van der Waals surface area contributed by atoms with E-state index in [-0.39, 0.29) is 0 Å². The van der Waals surface area contributed by atoms with E-state index in [0.717, 1.165) is 16.6 Å². The van der Waals surface area contributed by atoms with Crippen LogP contribution in [0.1, 0.15) is 5.56 Å². The molecule has 0 amide bonds. The largest absolute Gasteiger partial charge is 0.497 e. The number of rotatable bonds is 3. The Morgan fingerprint density at radius 1 is 1.43 bits per heavy atom. The van der Waals surface area contributed by atoms with Gasteiger partial charge in [0.05, 0.1) is 7.11 Å². The maximum absolute atomic E-state index is 5.58. The quantitative estimate of drug-likeness (QED) is 0.599. The molecule has 0 aliphatic carbocycles. The van der Waals surface area contributed by atoms with E-state index in [2.05, 4.69) is 22.5 Å². The molecule has 0 saturated carbocycles. The summed E-state index contributed by atoms with van der Waals surface area (Å²) in [5, 5.41) is 0.896. The maximum atomic E-state index is 5.58. The van der Waals surface area contributed by atoms with E-state index >= 15 is 0 Å². The third-order valence-electron chi connectivity index (χ3n) is 1.42. The van der Waals surface area contributed by atoms with Crippen molar-refractivity contribution in [1.82, 2.24) is 0 Å². The molecule has 0 saturated heterocycles. The zero-order valence-corrected chi connectivity index (χ0v) is 10.5. The van der Waals surface area contributed by atoms with Crippen LogP contribution in [0.15, 0.2) is 36.9 Å². The molecule has 1 aromatic carbocycles. The van der Waals surface area contributed by atoms with Crippen LogP contribution < -0.4 is 4.74 Å². The highest BCUT2D eigenvalue weighted by atomic mass is 79.9. The van der Waals surface area contributed by atoms with Gasteiger partial charge in [0.2, 0.25) is 0 Å². The topological polar surface area (TPSA) is 9.23 Å². The first-order valence-corrected chi connectivity index (χ1v) is 5.79. The van der Waals surface area contributed by atoms with Gasteiger partial charge in [-0.25, -0.2) is 0 Å². The average molecular weight is 278 g/mol. The molecule has 3 heteroatoms. The van der Waals surface area contributed by atoms with Crippen LogP contribution in [0.5, 0.6) is 5.75 Å². The van der Waals surface area contributed by atoms with Crippen LogP contribution in [0.2, 0.25) is 0 Å². The summed E-state index contributed by atoms with van der Waals surface area (Å²) in [7, 11) is 1.65. The number of ether oxygens (including phenoxy) is 1. The number of halogens is 2. The highest BCUT2D eigenvalue weighted by Crippen LogP contribution is 2.12. The molecule has 0 heterocycles. The lowest BCUT2D eigenvalue weighted by molar-refractivity contribution is 0.414. The molecular formula is C11H14BrClO. The van der Waals surface area contributed by atoms with Gasteiger partial charge in [-0.2, -0.15) is 0 Å². The summed E-state index contributed by atoms with van der Waals surface area (Å²) < 4.78 is 4.97. The molecule has 0 N–H and O–H groups in total. The van der Waals surface area contributed by atoms with Gasteiger partial charge >= 0.3 is 0 Å². The van der Waals surface area contributed by atoms with Gasteiger partial charge in [0.25, 0.3) is 0 Å². The Balaban J connectivity index is 0.000000364. The van der Waals surface area contributed by atoms with Gasteiger partial charge in [0.15, 0.2) is 0 Å². The summed E-state index contributed by atoms with van der Waals surface area (Å²) in [6.45, 7) is 3.43. The van der Waals surface area contributed by atoms with Crippen molar-refractivity contribution in [2.75, 3.05) is 12.4 Å². The summed E-state index contributed by atoms with van der Waals surface area (Å²) in [6.07, 6.45) is 1.79. The van der Waals surface area contributed by atoms with Crippen molar-refractivity contribution >= 4 is 27.5 Å². The summed E-state index contributed by atoms with van der Waals surface area (Å²) in [5.41, 5.74) is 1.11. The molecule has 0 unspecified atom stereocenters. The molecule has 0 aromatic heterocycles. The van der Waals surface area contributed by atoms with Crippen LogP contribution in [0, 0.1) is 0 Å². The van der Waals surface area contributed by atoms with Gasteiger partial charge in [0.1, 0.15) is 5.75 Å². The fraction of sp³-hybridized carbons (Fsp3) is 0.273. The molecule has 0 spiro atoms. The van der Waals surface area contributed by atoms with E-state index in [4.69, 9.17) is 16.3 Å². The number of allylic oxidation sites excluding steroid dienone is 1. The van der Waals surface area contributed by atoms with Gasteiger partial charge in [-0.3, -0.25) is 0 Å². The second-order valence-electron chi connectivity index (χ2n) is 2.42. The SMILES string of the molecule is C=CCBr.COc1ccc(CCl)cc1. The molecule has 1 aromatic rings. The first-order chi connectivity index (χ1) is 6.78. The Morgan fingerprint density at radius 3 is 2.21 bits per heavy atom. The number of hydrogen-bond donors (Lipinski definition) is 0. The normalized spacial score (nSPS) is 8.50. The molecule has 0 atom stereocenters. The molecule has 0 aliphatic rings. The van der Waals surface area contributed by atoms with Gasteiger partial charge in [-0.1, -0.05) is 34.1 Å². The standard InChI is InChI=1S/C8H9ClO.C3H5Br/c1-10-8-4-2-7(6-9)3-5-8;1-2-3-4/h2-5H,6H2,1H3;2H,1,3H2. The van der Waals surface area contributed by atoms with Gasteiger partial charge in [0, 0.05) is 11.2 Å². The molecular weight excluding hydrogens is 263 g/mol. The molecule has 0 aliphatic heterocycles. The molecule has 14 heavy (non-hydrogen) atoms. The lowest BCUT2D eigenvalue weighted by Gasteiger charge is -1.98. The fourth-order valence-corrected chi connectivity index (χ4v) is 0.893. The predicted molar refractivity (Wildman–Crippen MR) is 66.5 cm³/mol. The summed E-state index contributed by atoms with van der Waals surface area (Å²) in [4.78, 5) is 0. The Bertz CT molecular complexity index is 223. The molecule has 1 rings (SSSR count). The first-order valence-electron chi connectivity index (χ1n) is 4.14. The number of benzene rings is 1. The van der Waals surface area contributed by atoms with Crippen molar-refractivity contribution in [2.24, 2.45) is 0 Å². The van der Waals surface area contributed by atoms with Crippen LogP contribution in [-0.2, 0) is 5.88 Å². The highest BCUT2D eigenvalue weighted by Gasteiger charge is 1.90. The molecule has 0 bridgehead atoms. The van der Waals surface area contributed by atoms with Crippen molar-refractivity contribution in [2.45, 2.75) is 5.88 Å². The van der Waals surface area contributed by atoms with Crippen molar-refractivity contribution in [3.8, 4) is 5.75 Å². The Morgan fingerprint density at radius 2 is 1.93 bits per heavy atom. The van der Waals surface area contributed by atoms with Crippen LogP contribution in [0.25, 0.3) is 0 Å². The Labute approximate surface area is 98.9 Å². The van der Waals surface area contributed by atoms with Gasteiger partial charge in [-0.15, -0.1) is 18.2 Å². The van der Waals surface area contributed by atoms with Crippen LogP contribution in [-0.4, -0.2) is 12.4 Å². The maximum Gasteiger partial charge on any atom is 0.118 e. The zero-order valence-electron chi connectivity index (χ0n) is 8.17. The predicted octanol–water partition coefficient (Wildman–Crippen LogP) is 4.00. The van der Waals surface area contributed by atoms with E-state index in [9.17, 15) is 0 Å². The first kappa shape index (κ1) is 13.5. The highest BCUT2D eigenvalue weighted by molar-refractivity contribution is 9.09. The second-order valence-corrected chi connectivity index (χ2v) is 3.34. The van der Waals surface area contributed by atoms with Crippen molar-refractivity contribution in [3.05, 3.63) is 42.5 Å². The molecule has 0 fully saturated rings. The van der Waals surface area contributed by atoms with E-state index in [1.54, 1.807) is 13.2 Å². The minimum Gasteiger partial charge on any atom is -0.497 e. The van der Waals surface area contributed by atoms with Crippen molar-refractivity contribution in [3.63, 3.8) is 0 Å². The summed E-state index contributed by atoms with van der Waals surface area (Å²) >= 11 is 8.71. The van der Waals surface area contributed by atoms with Gasteiger partial charge in [-0.05, 0) is 17.7 Å².